The molecule has 0 aromatic rings. The van der Waals surface area contributed by atoms with Crippen molar-refractivity contribution in [3.05, 3.63) is 0 Å². The van der Waals surface area contributed by atoms with Crippen LogP contribution in [0.15, 0.2) is 0 Å². The van der Waals surface area contributed by atoms with Crippen molar-refractivity contribution in [2.24, 2.45) is 0 Å². The van der Waals surface area contributed by atoms with Crippen LogP contribution in [0.3, 0.4) is 0 Å². The summed E-state index contributed by atoms with van der Waals surface area (Å²) in [6.07, 6.45) is 0.802. The van der Waals surface area contributed by atoms with Gasteiger partial charge in [0.2, 0.25) is 0 Å². The first-order valence-corrected chi connectivity index (χ1v) is 6.62. The van der Waals surface area contributed by atoms with E-state index in [1.165, 1.54) is 0 Å². The molecule has 0 aliphatic rings. The van der Waals surface area contributed by atoms with E-state index in [1.807, 2.05) is 13.8 Å². The first-order valence-electron chi connectivity index (χ1n) is 2.69. The molecule has 0 saturated heterocycles. The summed E-state index contributed by atoms with van der Waals surface area (Å²) >= 11 is 7.29. The molecule has 0 heterocycles. The van der Waals surface area contributed by atoms with Crippen LogP contribution in [-0.2, 0) is 9.09 Å². The Labute approximate surface area is 94.5 Å². The predicted molar refractivity (Wildman–Crippen MR) is 53.6 cm³/mol. The third-order valence-electron chi connectivity index (χ3n) is 0.892. The fourth-order valence-electron chi connectivity index (χ4n) is 0.309. The minimum absolute atomic E-state index is 0. The Hall–Kier alpha value is 1.89. The maximum atomic E-state index is 10.7. The van der Waals surface area contributed by atoms with Gasteiger partial charge < -0.3 is 4.52 Å². The van der Waals surface area contributed by atoms with Crippen molar-refractivity contribution in [2.45, 2.75) is 26.4 Å². The third kappa shape index (κ3) is 9.89. The van der Waals surface area contributed by atoms with Gasteiger partial charge in [0.15, 0.2) is 0 Å². The van der Waals surface area contributed by atoms with E-state index in [0.717, 1.165) is 6.42 Å². The van der Waals surface area contributed by atoms with Crippen LogP contribution in [0.2, 0.25) is 0 Å². The monoisotopic (exact) mass is 210 g/mol. The summed E-state index contributed by atoms with van der Waals surface area (Å²) in [5.41, 5.74) is 0. The van der Waals surface area contributed by atoms with E-state index in [9.17, 15) is 4.57 Å². The molecule has 6 heteroatoms. The van der Waals surface area contributed by atoms with Crippen molar-refractivity contribution in [2.75, 3.05) is 0 Å². The first-order chi connectivity index (χ1) is 3.95. The fourth-order valence-corrected chi connectivity index (χ4v) is 1.89. The van der Waals surface area contributed by atoms with Gasteiger partial charge in [0.25, 0.3) is 0 Å². The molecule has 1 atom stereocenters. The van der Waals surface area contributed by atoms with Crippen LogP contribution < -0.4 is 0 Å². The molecule has 0 aromatic heterocycles. The average Bonchev–Trinajstić information content (AvgIpc) is 1.62. The van der Waals surface area contributed by atoms with E-state index in [2.05, 4.69) is 24.5 Å². The molecule has 0 spiro atoms. The molecule has 0 rings (SSSR count). The molecule has 0 aliphatic heterocycles. The van der Waals surface area contributed by atoms with Crippen molar-refractivity contribution in [3.63, 3.8) is 0 Å². The Kier molecular flexibility index (Phi) is 9.24. The van der Waals surface area contributed by atoms with Gasteiger partial charge in [0.1, 0.15) is 0 Å². The molecule has 0 saturated carbocycles. The van der Waals surface area contributed by atoms with Gasteiger partial charge in [-0.3, -0.25) is 4.57 Å². The van der Waals surface area contributed by atoms with Crippen molar-refractivity contribution >= 4 is 59.8 Å². The van der Waals surface area contributed by atoms with Gasteiger partial charge in [-0.15, -0.1) is 0 Å². The summed E-state index contributed by atoms with van der Waals surface area (Å²) in [7, 11) is 0. The number of hydrogen-bond acceptors (Lipinski definition) is 2. The summed E-state index contributed by atoms with van der Waals surface area (Å²) in [5.74, 6) is -2.85. The Morgan fingerprint density at radius 3 is 2.10 bits per heavy atom. The van der Waals surface area contributed by atoms with Gasteiger partial charge in [0, 0.05) is 0 Å². The van der Waals surface area contributed by atoms with Gasteiger partial charge in [-0.2, -0.15) is 0 Å². The molecule has 0 radical (unpaired) electrons. The zero-order valence-electron chi connectivity index (χ0n) is 5.44. The van der Waals surface area contributed by atoms with Gasteiger partial charge in [-0.05, 0) is 13.3 Å². The predicted octanol–water partition coefficient (Wildman–Crippen LogP) is 2.12. The standard InChI is InChI=1S/C4H11O2PS2.Na.H/c1-3-4(2)6-7(5,8)9;;/h4H,3H2,1-2H3,(H2,5,8,9);;. The topological polar surface area (TPSA) is 26.3 Å². The van der Waals surface area contributed by atoms with Crippen LogP contribution in [0.25, 0.3) is 0 Å². The molecule has 58 valence electrons. The van der Waals surface area contributed by atoms with Gasteiger partial charge in [-0.1, -0.05) is 31.4 Å². The van der Waals surface area contributed by atoms with E-state index in [-0.39, 0.29) is 35.7 Å². The molecule has 0 N–H and O–H groups in total. The molecule has 0 aromatic carbocycles. The Balaban J connectivity index is 0. The molecule has 10 heavy (non-hydrogen) atoms. The van der Waals surface area contributed by atoms with Gasteiger partial charge in [-0.25, -0.2) is 0 Å². The Morgan fingerprint density at radius 1 is 1.60 bits per heavy atom. The van der Waals surface area contributed by atoms with E-state index in [4.69, 9.17) is 4.52 Å². The van der Waals surface area contributed by atoms with Gasteiger partial charge >= 0.3 is 35.3 Å². The van der Waals surface area contributed by atoms with Crippen LogP contribution >= 0.6 is 30.3 Å². The third-order valence-corrected chi connectivity index (χ3v) is 2.09. The second kappa shape index (κ2) is 6.41. The summed E-state index contributed by atoms with van der Waals surface area (Å²) in [6.45, 7) is 3.78. The van der Waals surface area contributed by atoms with E-state index in [0.29, 0.717) is 0 Å². The number of rotatable bonds is 3. The normalized spacial score (nSPS) is 14.0. The minimum atomic E-state index is -2.85. The summed E-state index contributed by atoms with van der Waals surface area (Å²) in [5, 5.41) is 0. The first kappa shape index (κ1) is 14.4. The molecule has 0 fully saturated rings. The van der Waals surface area contributed by atoms with Crippen molar-refractivity contribution in [1.29, 1.82) is 0 Å². The fraction of sp³-hybridized carbons (Fsp3) is 1.00. The SMILES string of the molecule is CCC(C)OP(=O)(S)S.[NaH]. The number of hydrogen-bond donors (Lipinski definition) is 2. The van der Waals surface area contributed by atoms with E-state index < -0.39 is 5.77 Å². The van der Waals surface area contributed by atoms with Crippen LogP contribution in [-0.4, -0.2) is 35.7 Å². The van der Waals surface area contributed by atoms with Crippen molar-refractivity contribution in [1.82, 2.24) is 0 Å². The quantitative estimate of drug-likeness (QED) is 0.424. The maximum absolute atomic E-state index is 10.7. The molecular formula is C4H12NaO2PS2. The van der Waals surface area contributed by atoms with Gasteiger partial charge in [0.05, 0.1) is 6.10 Å². The Morgan fingerprint density at radius 2 is 2.00 bits per heavy atom. The average molecular weight is 210 g/mol. The molecule has 0 bridgehead atoms. The Bertz CT molecular complexity index is 126. The summed E-state index contributed by atoms with van der Waals surface area (Å²) < 4.78 is 15.6. The summed E-state index contributed by atoms with van der Waals surface area (Å²) in [6, 6.07) is 0. The summed E-state index contributed by atoms with van der Waals surface area (Å²) in [4.78, 5) is 0. The van der Waals surface area contributed by atoms with Crippen LogP contribution in [0.4, 0.5) is 0 Å². The molecular weight excluding hydrogens is 198 g/mol. The van der Waals surface area contributed by atoms with Crippen LogP contribution in [0, 0.1) is 0 Å². The molecule has 0 aliphatic carbocycles. The molecule has 1 unspecified atom stereocenters. The zero-order chi connectivity index (χ0) is 7.49. The van der Waals surface area contributed by atoms with Crippen molar-refractivity contribution < 1.29 is 9.09 Å². The second-order valence-electron chi connectivity index (χ2n) is 1.81. The van der Waals surface area contributed by atoms with E-state index in [1.54, 1.807) is 0 Å². The van der Waals surface area contributed by atoms with Crippen LogP contribution in [0.5, 0.6) is 0 Å². The van der Waals surface area contributed by atoms with Crippen LogP contribution in [0.1, 0.15) is 20.3 Å². The van der Waals surface area contributed by atoms with Crippen molar-refractivity contribution in [3.8, 4) is 0 Å². The molecule has 2 nitrogen and oxygen atoms in total. The zero-order valence-corrected chi connectivity index (χ0v) is 8.13. The second-order valence-corrected chi connectivity index (χ2v) is 7.11. The number of thiol groups is 2. The molecule has 0 amide bonds. The van der Waals surface area contributed by atoms with E-state index >= 15 is 0 Å².